The van der Waals surface area contributed by atoms with Gasteiger partial charge in [-0.25, -0.2) is 0 Å². The molecular weight excluding hydrogens is 207 g/mol. The van der Waals surface area contributed by atoms with E-state index in [2.05, 4.69) is 5.32 Å². The number of alkyl halides is 3. The summed E-state index contributed by atoms with van der Waals surface area (Å²) in [6, 6.07) is 0.211. The summed E-state index contributed by atoms with van der Waals surface area (Å²) in [5.74, 6) is 0.232. The first-order chi connectivity index (χ1) is 7.03. The lowest BCUT2D eigenvalue weighted by Crippen LogP contribution is -2.35. The molecule has 0 radical (unpaired) electrons. The van der Waals surface area contributed by atoms with Gasteiger partial charge in [-0.1, -0.05) is 6.42 Å². The van der Waals surface area contributed by atoms with Crippen molar-refractivity contribution in [2.75, 3.05) is 13.2 Å². The molecule has 1 fully saturated rings. The highest BCUT2D eigenvalue weighted by atomic mass is 19.4. The van der Waals surface area contributed by atoms with Crippen molar-refractivity contribution in [2.45, 2.75) is 44.3 Å². The Labute approximate surface area is 87.9 Å². The largest absolute Gasteiger partial charge is 0.396 e. The Balaban J connectivity index is 2.09. The molecular formula is C10H18F3NO. The minimum absolute atomic E-state index is 0.123. The second-order valence-corrected chi connectivity index (χ2v) is 4.15. The van der Waals surface area contributed by atoms with Crippen molar-refractivity contribution in [3.8, 4) is 0 Å². The maximum Gasteiger partial charge on any atom is 0.389 e. The third kappa shape index (κ3) is 4.84. The SMILES string of the molecule is OCC1CCCC1NCCCC(F)(F)F. The normalized spacial score (nSPS) is 27.2. The molecule has 1 aliphatic rings. The average molecular weight is 225 g/mol. The van der Waals surface area contributed by atoms with Crippen LogP contribution in [0.4, 0.5) is 13.2 Å². The summed E-state index contributed by atoms with van der Waals surface area (Å²) in [4.78, 5) is 0. The fourth-order valence-corrected chi connectivity index (χ4v) is 2.10. The third-order valence-corrected chi connectivity index (χ3v) is 2.94. The lowest BCUT2D eigenvalue weighted by atomic mass is 10.1. The monoisotopic (exact) mass is 225 g/mol. The molecule has 0 bridgehead atoms. The molecule has 0 heterocycles. The van der Waals surface area contributed by atoms with E-state index in [1.165, 1.54) is 0 Å². The van der Waals surface area contributed by atoms with Gasteiger partial charge in [-0.15, -0.1) is 0 Å². The maximum absolute atomic E-state index is 11.8. The van der Waals surface area contributed by atoms with E-state index in [1.807, 2.05) is 0 Å². The van der Waals surface area contributed by atoms with E-state index in [1.54, 1.807) is 0 Å². The molecule has 0 aromatic carbocycles. The number of hydrogen-bond acceptors (Lipinski definition) is 2. The van der Waals surface area contributed by atoms with E-state index in [0.29, 0.717) is 6.54 Å². The third-order valence-electron chi connectivity index (χ3n) is 2.94. The minimum Gasteiger partial charge on any atom is -0.396 e. The Kier molecular flexibility index (Phi) is 4.86. The molecule has 0 saturated heterocycles. The summed E-state index contributed by atoms with van der Waals surface area (Å²) >= 11 is 0. The van der Waals surface area contributed by atoms with Crippen LogP contribution in [-0.4, -0.2) is 30.5 Å². The molecule has 1 saturated carbocycles. The van der Waals surface area contributed by atoms with Crippen LogP contribution in [0.25, 0.3) is 0 Å². The Morgan fingerprint density at radius 1 is 1.27 bits per heavy atom. The van der Waals surface area contributed by atoms with Crippen molar-refractivity contribution in [2.24, 2.45) is 5.92 Å². The maximum atomic E-state index is 11.8. The molecule has 15 heavy (non-hydrogen) atoms. The van der Waals surface area contributed by atoms with E-state index < -0.39 is 12.6 Å². The van der Waals surface area contributed by atoms with Crippen LogP contribution in [-0.2, 0) is 0 Å². The molecule has 1 rings (SSSR count). The topological polar surface area (TPSA) is 32.3 Å². The molecule has 5 heteroatoms. The van der Waals surface area contributed by atoms with Crippen molar-refractivity contribution < 1.29 is 18.3 Å². The predicted octanol–water partition coefficient (Wildman–Crippen LogP) is 2.08. The highest BCUT2D eigenvalue weighted by Gasteiger charge is 2.28. The number of halogens is 3. The van der Waals surface area contributed by atoms with E-state index in [4.69, 9.17) is 5.11 Å². The van der Waals surface area contributed by atoms with Crippen LogP contribution < -0.4 is 5.32 Å². The molecule has 1 aliphatic carbocycles. The van der Waals surface area contributed by atoms with Gasteiger partial charge < -0.3 is 10.4 Å². The first kappa shape index (κ1) is 12.8. The van der Waals surface area contributed by atoms with Crippen molar-refractivity contribution >= 4 is 0 Å². The molecule has 0 aromatic heterocycles. The zero-order valence-electron chi connectivity index (χ0n) is 8.69. The highest BCUT2D eigenvalue weighted by Crippen LogP contribution is 2.25. The second kappa shape index (κ2) is 5.70. The molecule has 2 unspecified atom stereocenters. The van der Waals surface area contributed by atoms with Crippen LogP contribution in [0, 0.1) is 5.92 Å². The van der Waals surface area contributed by atoms with Crippen LogP contribution in [0.3, 0.4) is 0 Å². The van der Waals surface area contributed by atoms with Crippen molar-refractivity contribution in [3.05, 3.63) is 0 Å². The molecule has 90 valence electrons. The van der Waals surface area contributed by atoms with Gasteiger partial charge in [-0.3, -0.25) is 0 Å². The molecule has 0 aromatic rings. The molecule has 0 amide bonds. The van der Waals surface area contributed by atoms with Gasteiger partial charge in [0, 0.05) is 19.1 Å². The van der Waals surface area contributed by atoms with Gasteiger partial charge in [0.2, 0.25) is 0 Å². The van der Waals surface area contributed by atoms with Gasteiger partial charge in [0.05, 0.1) is 0 Å². The predicted molar refractivity (Wildman–Crippen MR) is 51.5 cm³/mol. The molecule has 2 nitrogen and oxygen atoms in total. The number of nitrogens with one attached hydrogen (secondary N) is 1. The fourth-order valence-electron chi connectivity index (χ4n) is 2.10. The van der Waals surface area contributed by atoms with Crippen molar-refractivity contribution in [3.63, 3.8) is 0 Å². The fraction of sp³-hybridized carbons (Fsp3) is 1.00. The number of hydrogen-bond donors (Lipinski definition) is 2. The van der Waals surface area contributed by atoms with Crippen LogP contribution in [0.15, 0.2) is 0 Å². The summed E-state index contributed by atoms with van der Waals surface area (Å²) in [7, 11) is 0. The van der Waals surface area contributed by atoms with Crippen LogP contribution >= 0.6 is 0 Å². The zero-order chi connectivity index (χ0) is 11.3. The number of rotatable bonds is 5. The first-order valence-corrected chi connectivity index (χ1v) is 5.44. The molecule has 2 N–H and O–H groups in total. The number of aliphatic hydroxyl groups excluding tert-OH is 1. The molecule has 0 spiro atoms. The second-order valence-electron chi connectivity index (χ2n) is 4.15. The van der Waals surface area contributed by atoms with Crippen molar-refractivity contribution in [1.29, 1.82) is 0 Å². The van der Waals surface area contributed by atoms with Gasteiger partial charge in [0.25, 0.3) is 0 Å². The average Bonchev–Trinajstić information content (AvgIpc) is 2.58. The summed E-state index contributed by atoms with van der Waals surface area (Å²) in [5.41, 5.74) is 0. The minimum atomic E-state index is -4.05. The van der Waals surface area contributed by atoms with E-state index in [0.717, 1.165) is 19.3 Å². The van der Waals surface area contributed by atoms with Gasteiger partial charge in [0.1, 0.15) is 0 Å². The zero-order valence-corrected chi connectivity index (χ0v) is 8.69. The van der Waals surface area contributed by atoms with E-state index in [9.17, 15) is 13.2 Å². The van der Waals surface area contributed by atoms with Gasteiger partial charge in [-0.05, 0) is 31.7 Å². The number of aliphatic hydroxyl groups is 1. The standard InChI is InChI=1S/C10H18F3NO/c11-10(12,13)5-2-6-14-9-4-1-3-8(9)7-15/h8-9,14-15H,1-7H2. The van der Waals surface area contributed by atoms with Crippen molar-refractivity contribution in [1.82, 2.24) is 5.32 Å². The van der Waals surface area contributed by atoms with Crippen LogP contribution in [0.2, 0.25) is 0 Å². The Morgan fingerprint density at radius 3 is 2.60 bits per heavy atom. The first-order valence-electron chi connectivity index (χ1n) is 5.44. The lowest BCUT2D eigenvalue weighted by Gasteiger charge is -2.19. The summed E-state index contributed by atoms with van der Waals surface area (Å²) in [5, 5.41) is 12.1. The quantitative estimate of drug-likeness (QED) is 0.702. The Bertz CT molecular complexity index is 184. The van der Waals surface area contributed by atoms with E-state index >= 15 is 0 Å². The highest BCUT2D eigenvalue weighted by molar-refractivity contribution is 4.82. The van der Waals surface area contributed by atoms with Crippen LogP contribution in [0.1, 0.15) is 32.1 Å². The Hall–Kier alpha value is -0.290. The van der Waals surface area contributed by atoms with Gasteiger partial charge in [0.15, 0.2) is 0 Å². The summed E-state index contributed by atoms with van der Waals surface area (Å²) in [6.45, 7) is 0.525. The lowest BCUT2D eigenvalue weighted by molar-refractivity contribution is -0.135. The smallest absolute Gasteiger partial charge is 0.389 e. The van der Waals surface area contributed by atoms with E-state index in [-0.39, 0.29) is 25.0 Å². The summed E-state index contributed by atoms with van der Waals surface area (Å²) in [6.07, 6.45) is -1.64. The molecule has 2 atom stereocenters. The molecule has 0 aliphatic heterocycles. The van der Waals surface area contributed by atoms with Gasteiger partial charge >= 0.3 is 6.18 Å². The van der Waals surface area contributed by atoms with Gasteiger partial charge in [-0.2, -0.15) is 13.2 Å². The summed E-state index contributed by atoms with van der Waals surface area (Å²) < 4.78 is 35.5. The van der Waals surface area contributed by atoms with Crippen LogP contribution in [0.5, 0.6) is 0 Å². The Morgan fingerprint density at radius 2 is 2.00 bits per heavy atom.